The zero-order valence-electron chi connectivity index (χ0n) is 16.5. The van der Waals surface area contributed by atoms with Crippen molar-refractivity contribution in [2.24, 2.45) is 0 Å². The lowest BCUT2D eigenvalue weighted by Crippen LogP contribution is -2.10. The number of carbonyl (C=O) groups excluding carboxylic acids is 2. The summed E-state index contributed by atoms with van der Waals surface area (Å²) in [5.74, 6) is 0.732. The second-order valence-corrected chi connectivity index (χ2v) is 5.73. The molecule has 6 nitrogen and oxygen atoms in total. The van der Waals surface area contributed by atoms with Crippen molar-refractivity contribution in [3.05, 3.63) is 53.6 Å². The van der Waals surface area contributed by atoms with Gasteiger partial charge in [-0.2, -0.15) is 0 Å². The number of ketones is 1. The summed E-state index contributed by atoms with van der Waals surface area (Å²) >= 11 is 0. The Labute approximate surface area is 164 Å². The third-order valence-corrected chi connectivity index (χ3v) is 3.87. The van der Waals surface area contributed by atoms with E-state index in [1.807, 2.05) is 31.2 Å². The molecule has 0 heterocycles. The monoisotopic (exact) mass is 384 g/mol. The number of hydrogen-bond acceptors (Lipinski definition) is 6. The molecule has 0 bridgehead atoms. The van der Waals surface area contributed by atoms with Gasteiger partial charge < -0.3 is 18.9 Å². The molecule has 0 aliphatic carbocycles. The van der Waals surface area contributed by atoms with E-state index in [4.69, 9.17) is 18.9 Å². The van der Waals surface area contributed by atoms with Crippen LogP contribution in [0.4, 0.5) is 0 Å². The van der Waals surface area contributed by atoms with Crippen molar-refractivity contribution < 1.29 is 28.5 Å². The van der Waals surface area contributed by atoms with Crippen molar-refractivity contribution in [3.63, 3.8) is 0 Å². The van der Waals surface area contributed by atoms with Gasteiger partial charge in [-0.1, -0.05) is 25.1 Å². The maximum Gasteiger partial charge on any atom is 0.310 e. The first-order chi connectivity index (χ1) is 13.5. The van der Waals surface area contributed by atoms with Crippen LogP contribution in [0.2, 0.25) is 0 Å². The molecule has 0 N–H and O–H groups in total. The molecule has 0 saturated carbocycles. The molecule has 0 aromatic heterocycles. The standard InChI is InChI=1S/C22H24O6/c1-5-21(24)28-20-14-17(25-3)13-19(26-4)22(20)18(23)12-9-15-7-10-16(11-8-15)27-6-2/h7-14H,5-6H2,1-4H3. The molecule has 28 heavy (non-hydrogen) atoms. The number of allylic oxidation sites excluding steroid dienone is 1. The Kier molecular flexibility index (Phi) is 7.63. The Morgan fingerprint density at radius 3 is 2.18 bits per heavy atom. The maximum absolute atomic E-state index is 12.8. The topological polar surface area (TPSA) is 71.1 Å². The summed E-state index contributed by atoms with van der Waals surface area (Å²) in [7, 11) is 2.92. The Morgan fingerprint density at radius 2 is 1.61 bits per heavy atom. The van der Waals surface area contributed by atoms with E-state index in [9.17, 15) is 9.59 Å². The molecule has 0 amide bonds. The van der Waals surface area contributed by atoms with Crippen LogP contribution in [0.3, 0.4) is 0 Å². The lowest BCUT2D eigenvalue weighted by Gasteiger charge is -2.14. The van der Waals surface area contributed by atoms with Crippen LogP contribution in [0.5, 0.6) is 23.0 Å². The average Bonchev–Trinajstić information content (AvgIpc) is 2.72. The van der Waals surface area contributed by atoms with E-state index in [1.165, 1.54) is 26.4 Å². The summed E-state index contributed by atoms with van der Waals surface area (Å²) in [5, 5.41) is 0. The van der Waals surface area contributed by atoms with E-state index in [-0.39, 0.29) is 29.3 Å². The molecule has 0 radical (unpaired) electrons. The Hall–Kier alpha value is -3.28. The van der Waals surface area contributed by atoms with Gasteiger partial charge in [-0.25, -0.2) is 0 Å². The van der Waals surface area contributed by atoms with E-state index < -0.39 is 5.97 Å². The van der Waals surface area contributed by atoms with Gasteiger partial charge in [0.25, 0.3) is 0 Å². The first-order valence-corrected chi connectivity index (χ1v) is 8.94. The average molecular weight is 384 g/mol. The lowest BCUT2D eigenvalue weighted by molar-refractivity contribution is -0.134. The van der Waals surface area contributed by atoms with Crippen molar-refractivity contribution in [1.82, 2.24) is 0 Å². The van der Waals surface area contributed by atoms with Gasteiger partial charge in [0.1, 0.15) is 28.6 Å². The highest BCUT2D eigenvalue weighted by Crippen LogP contribution is 2.35. The SMILES string of the molecule is CCOc1ccc(C=CC(=O)c2c(OC)cc(OC)cc2OC(=O)CC)cc1. The van der Waals surface area contributed by atoms with Gasteiger partial charge in [-0.05, 0) is 30.7 Å². The quantitative estimate of drug-likeness (QED) is 0.278. The lowest BCUT2D eigenvalue weighted by atomic mass is 10.1. The van der Waals surface area contributed by atoms with Gasteiger partial charge >= 0.3 is 5.97 Å². The molecule has 0 atom stereocenters. The molecule has 2 aromatic carbocycles. The van der Waals surface area contributed by atoms with E-state index in [2.05, 4.69) is 0 Å². The van der Waals surface area contributed by atoms with Crippen molar-refractivity contribution >= 4 is 17.8 Å². The smallest absolute Gasteiger partial charge is 0.310 e. The molecule has 2 aromatic rings. The molecule has 0 aliphatic rings. The minimum atomic E-state index is -0.458. The van der Waals surface area contributed by atoms with Crippen LogP contribution in [0, 0.1) is 0 Å². The molecule has 0 spiro atoms. The van der Waals surface area contributed by atoms with E-state index in [1.54, 1.807) is 19.1 Å². The zero-order valence-corrected chi connectivity index (χ0v) is 16.5. The molecular formula is C22H24O6. The zero-order chi connectivity index (χ0) is 20.5. The molecule has 0 unspecified atom stereocenters. The van der Waals surface area contributed by atoms with Gasteiger partial charge in [-0.3, -0.25) is 9.59 Å². The van der Waals surface area contributed by atoms with E-state index in [0.29, 0.717) is 12.4 Å². The van der Waals surface area contributed by atoms with Gasteiger partial charge in [0.2, 0.25) is 0 Å². The number of hydrogen-bond donors (Lipinski definition) is 0. The van der Waals surface area contributed by atoms with Crippen molar-refractivity contribution in [2.45, 2.75) is 20.3 Å². The summed E-state index contributed by atoms with van der Waals surface area (Å²) in [5.41, 5.74) is 0.990. The molecule has 2 rings (SSSR count). The largest absolute Gasteiger partial charge is 0.496 e. The molecule has 0 aliphatic heterocycles. The third kappa shape index (κ3) is 5.36. The molecule has 6 heteroatoms. The minimum Gasteiger partial charge on any atom is -0.496 e. The maximum atomic E-state index is 12.8. The van der Waals surface area contributed by atoms with Crippen molar-refractivity contribution in [1.29, 1.82) is 0 Å². The van der Waals surface area contributed by atoms with Crippen molar-refractivity contribution in [3.8, 4) is 23.0 Å². The van der Waals surface area contributed by atoms with Gasteiger partial charge in [0, 0.05) is 18.6 Å². The van der Waals surface area contributed by atoms with Gasteiger partial charge in [0.15, 0.2) is 5.78 Å². The molecule has 148 valence electrons. The Bertz CT molecular complexity index is 852. The third-order valence-electron chi connectivity index (χ3n) is 3.87. The fourth-order valence-corrected chi connectivity index (χ4v) is 2.46. The number of methoxy groups -OCH3 is 2. The van der Waals surface area contributed by atoms with Gasteiger partial charge in [0.05, 0.1) is 20.8 Å². The predicted octanol–water partition coefficient (Wildman–Crippen LogP) is 4.31. The second-order valence-electron chi connectivity index (χ2n) is 5.73. The fraction of sp³-hybridized carbons (Fsp3) is 0.273. The van der Waals surface area contributed by atoms with Crippen LogP contribution >= 0.6 is 0 Å². The summed E-state index contributed by atoms with van der Waals surface area (Å²) in [6, 6.07) is 10.4. The fourth-order valence-electron chi connectivity index (χ4n) is 2.46. The number of rotatable bonds is 9. The van der Waals surface area contributed by atoms with Crippen LogP contribution in [-0.4, -0.2) is 32.6 Å². The first kappa shape index (κ1) is 21.0. The summed E-state index contributed by atoms with van der Waals surface area (Å²) in [6.07, 6.45) is 3.26. The first-order valence-electron chi connectivity index (χ1n) is 8.94. The normalized spacial score (nSPS) is 10.6. The summed E-state index contributed by atoms with van der Waals surface area (Å²) in [4.78, 5) is 24.6. The number of benzene rings is 2. The van der Waals surface area contributed by atoms with Crippen LogP contribution in [0.1, 0.15) is 36.2 Å². The number of ether oxygens (including phenoxy) is 4. The Balaban J connectivity index is 2.35. The highest BCUT2D eigenvalue weighted by Gasteiger charge is 2.20. The number of carbonyl (C=O) groups is 2. The number of esters is 1. The minimum absolute atomic E-state index is 0.101. The van der Waals surface area contributed by atoms with Gasteiger partial charge in [-0.15, -0.1) is 0 Å². The second kappa shape index (κ2) is 10.2. The predicted molar refractivity (Wildman–Crippen MR) is 106 cm³/mol. The van der Waals surface area contributed by atoms with E-state index >= 15 is 0 Å². The van der Waals surface area contributed by atoms with Crippen LogP contribution in [0.15, 0.2) is 42.5 Å². The highest BCUT2D eigenvalue weighted by atomic mass is 16.5. The molecule has 0 saturated heterocycles. The Morgan fingerprint density at radius 1 is 0.929 bits per heavy atom. The summed E-state index contributed by atoms with van der Waals surface area (Å²) < 4.78 is 21.2. The summed E-state index contributed by atoms with van der Waals surface area (Å²) in [6.45, 7) is 4.18. The van der Waals surface area contributed by atoms with Crippen LogP contribution in [0.25, 0.3) is 6.08 Å². The molecule has 0 fully saturated rings. The van der Waals surface area contributed by atoms with Crippen molar-refractivity contribution in [2.75, 3.05) is 20.8 Å². The van der Waals surface area contributed by atoms with Crippen LogP contribution in [-0.2, 0) is 4.79 Å². The molecular weight excluding hydrogens is 360 g/mol. The van der Waals surface area contributed by atoms with Crippen LogP contribution < -0.4 is 18.9 Å². The van der Waals surface area contributed by atoms with E-state index in [0.717, 1.165) is 11.3 Å². The highest BCUT2D eigenvalue weighted by molar-refractivity contribution is 6.11.